The van der Waals surface area contributed by atoms with Crippen molar-refractivity contribution in [3.8, 4) is 5.69 Å². The molecule has 0 atom stereocenters. The number of carbonyl (C=O) groups is 2. The summed E-state index contributed by atoms with van der Waals surface area (Å²) in [5, 5.41) is 2.72. The summed E-state index contributed by atoms with van der Waals surface area (Å²) >= 11 is 8.70. The molecule has 0 aliphatic carbocycles. The number of nitrogens with zero attached hydrogens (tertiary/aromatic N) is 3. The first-order chi connectivity index (χ1) is 17.3. The molecule has 0 unspecified atom stereocenters. The Morgan fingerprint density at radius 1 is 0.944 bits per heavy atom. The summed E-state index contributed by atoms with van der Waals surface area (Å²) in [5.41, 5.74) is 5.54. The van der Waals surface area contributed by atoms with Crippen LogP contribution in [0, 0.1) is 13.8 Å². The highest BCUT2D eigenvalue weighted by atomic mass is 79.9. The summed E-state index contributed by atoms with van der Waals surface area (Å²) in [5.74, 6) is -0.955. The van der Waals surface area contributed by atoms with Crippen LogP contribution in [0.4, 0.5) is 11.4 Å². The van der Waals surface area contributed by atoms with Crippen molar-refractivity contribution in [2.45, 2.75) is 13.8 Å². The van der Waals surface area contributed by atoms with Crippen LogP contribution in [0.2, 0.25) is 0 Å². The molecule has 0 radical (unpaired) electrons. The van der Waals surface area contributed by atoms with Crippen LogP contribution in [-0.4, -0.2) is 47.8 Å². The third-order valence-corrected chi connectivity index (χ3v) is 7.25. The van der Waals surface area contributed by atoms with Crippen molar-refractivity contribution in [3.05, 3.63) is 81.6 Å². The fourth-order valence-electron chi connectivity index (χ4n) is 4.60. The maximum Gasteiger partial charge on any atom is 0.270 e. The van der Waals surface area contributed by atoms with Crippen LogP contribution in [0.5, 0.6) is 0 Å². The topological polar surface area (TPSA) is 66.8 Å². The van der Waals surface area contributed by atoms with E-state index in [-0.39, 0.29) is 10.7 Å². The normalized spacial score (nSPS) is 17.6. The Hall–Kier alpha value is -3.27. The lowest BCUT2D eigenvalue weighted by Gasteiger charge is -2.29. The van der Waals surface area contributed by atoms with Gasteiger partial charge in [-0.2, -0.15) is 0 Å². The second kappa shape index (κ2) is 10.0. The number of benzene rings is 2. The number of halogens is 1. The number of carbonyl (C=O) groups excluding carboxylic acids is 2. The predicted octanol–water partition coefficient (Wildman–Crippen LogP) is 4.52. The van der Waals surface area contributed by atoms with Crippen LogP contribution in [-0.2, 0) is 14.3 Å². The minimum Gasteiger partial charge on any atom is -0.378 e. The predicted molar refractivity (Wildman–Crippen MR) is 149 cm³/mol. The number of aromatic nitrogens is 1. The highest BCUT2D eigenvalue weighted by Crippen LogP contribution is 2.28. The smallest absolute Gasteiger partial charge is 0.270 e. The van der Waals surface area contributed by atoms with Crippen LogP contribution >= 0.6 is 28.1 Å². The Morgan fingerprint density at radius 2 is 1.56 bits per heavy atom. The van der Waals surface area contributed by atoms with E-state index < -0.39 is 11.8 Å². The van der Waals surface area contributed by atoms with E-state index in [0.717, 1.165) is 53.4 Å². The van der Waals surface area contributed by atoms with E-state index in [4.69, 9.17) is 17.0 Å². The quantitative estimate of drug-likeness (QED) is 0.286. The third-order valence-electron chi connectivity index (χ3n) is 6.44. The van der Waals surface area contributed by atoms with Crippen LogP contribution in [0.15, 0.2) is 64.6 Å². The fourth-order valence-corrected chi connectivity index (χ4v) is 5.15. The van der Waals surface area contributed by atoms with Crippen molar-refractivity contribution >= 4 is 62.5 Å². The molecular formula is C27H25BrN4O3S. The third kappa shape index (κ3) is 4.61. The molecule has 0 bridgehead atoms. The molecule has 0 saturated carbocycles. The monoisotopic (exact) mass is 564 g/mol. The zero-order chi connectivity index (χ0) is 25.4. The van der Waals surface area contributed by atoms with Crippen molar-refractivity contribution in [2.75, 3.05) is 36.1 Å². The van der Waals surface area contributed by atoms with Crippen molar-refractivity contribution in [2.24, 2.45) is 0 Å². The molecule has 7 nitrogen and oxygen atoms in total. The van der Waals surface area contributed by atoms with Crippen LogP contribution < -0.4 is 15.1 Å². The summed E-state index contributed by atoms with van der Waals surface area (Å²) in [6.07, 6.45) is 1.65. The lowest BCUT2D eigenvalue weighted by molar-refractivity contribution is -0.122. The Balaban J connectivity index is 1.46. The van der Waals surface area contributed by atoms with Crippen LogP contribution in [0.3, 0.4) is 0 Å². The molecule has 2 aromatic carbocycles. The summed E-state index contributed by atoms with van der Waals surface area (Å²) < 4.78 is 8.46. The summed E-state index contributed by atoms with van der Waals surface area (Å²) in [6, 6.07) is 17.6. The van der Waals surface area contributed by atoms with E-state index in [1.54, 1.807) is 18.2 Å². The minimum absolute atomic E-state index is 0.0365. The number of morpholine rings is 1. The van der Waals surface area contributed by atoms with Crippen molar-refractivity contribution in [3.63, 3.8) is 0 Å². The van der Waals surface area contributed by atoms with Crippen LogP contribution in [0.25, 0.3) is 11.8 Å². The van der Waals surface area contributed by atoms with E-state index >= 15 is 0 Å². The van der Waals surface area contributed by atoms with Gasteiger partial charge in [-0.15, -0.1) is 0 Å². The SMILES string of the molecule is Cc1cc(/C=C2\C(=O)NC(=S)N(c3ccc(Br)cc3)C2=O)c(C)n1-c1ccc(N2CCOCC2)cc1. The van der Waals surface area contributed by atoms with E-state index in [9.17, 15) is 9.59 Å². The number of nitrogens with one attached hydrogen (secondary N) is 1. The van der Waals surface area contributed by atoms with Crippen LogP contribution in [0.1, 0.15) is 17.0 Å². The Kier molecular flexibility index (Phi) is 6.79. The maximum atomic E-state index is 13.4. The number of thiocarbonyl (C=S) groups is 1. The molecule has 184 valence electrons. The Labute approximate surface area is 223 Å². The summed E-state index contributed by atoms with van der Waals surface area (Å²) in [7, 11) is 0. The molecule has 3 heterocycles. The minimum atomic E-state index is -0.502. The second-order valence-corrected chi connectivity index (χ2v) is 10.0. The average Bonchev–Trinajstić information content (AvgIpc) is 3.16. The molecule has 2 aliphatic heterocycles. The average molecular weight is 565 g/mol. The molecule has 1 aromatic heterocycles. The molecule has 5 rings (SSSR count). The number of hydrogen-bond donors (Lipinski definition) is 1. The van der Waals surface area contributed by atoms with Gasteiger partial charge in [0.25, 0.3) is 11.8 Å². The van der Waals surface area contributed by atoms with Gasteiger partial charge in [-0.1, -0.05) is 15.9 Å². The molecule has 2 fully saturated rings. The van der Waals surface area contributed by atoms with Crippen molar-refractivity contribution < 1.29 is 14.3 Å². The maximum absolute atomic E-state index is 13.4. The highest BCUT2D eigenvalue weighted by molar-refractivity contribution is 9.10. The molecule has 2 saturated heterocycles. The standard InChI is InChI=1S/C27H25BrN4O3S/c1-17-15-19(18(2)31(17)22-9-7-21(8-10-22)30-11-13-35-14-12-30)16-24-25(33)29-27(36)32(26(24)34)23-5-3-20(28)4-6-23/h3-10,15-16H,11-14H2,1-2H3,(H,29,33,36)/b24-16+. The Bertz CT molecular complexity index is 1370. The molecular weight excluding hydrogens is 540 g/mol. The van der Waals surface area contributed by atoms with E-state index in [0.29, 0.717) is 5.69 Å². The number of aryl methyl sites for hydroxylation is 1. The van der Waals surface area contributed by atoms with Gasteiger partial charge >= 0.3 is 0 Å². The van der Waals surface area contributed by atoms with E-state index in [1.165, 1.54) is 10.6 Å². The number of hydrogen-bond acceptors (Lipinski definition) is 5. The van der Waals surface area contributed by atoms with Gasteiger partial charge in [0.15, 0.2) is 5.11 Å². The van der Waals surface area contributed by atoms with Gasteiger partial charge in [-0.05, 0) is 92.3 Å². The van der Waals surface area contributed by atoms with Crippen molar-refractivity contribution in [1.29, 1.82) is 0 Å². The van der Waals surface area contributed by atoms with Gasteiger partial charge < -0.3 is 14.2 Å². The Morgan fingerprint density at radius 3 is 2.22 bits per heavy atom. The molecule has 36 heavy (non-hydrogen) atoms. The first-order valence-electron chi connectivity index (χ1n) is 11.6. The first kappa shape index (κ1) is 24.4. The number of anilines is 2. The van der Waals surface area contributed by atoms with E-state index in [2.05, 4.69) is 55.0 Å². The molecule has 1 N–H and O–H groups in total. The van der Waals surface area contributed by atoms with Gasteiger partial charge in [0, 0.05) is 40.3 Å². The van der Waals surface area contributed by atoms with Crippen molar-refractivity contribution in [1.82, 2.24) is 9.88 Å². The number of rotatable bonds is 4. The molecule has 2 aliphatic rings. The molecule has 0 spiro atoms. The van der Waals surface area contributed by atoms with Gasteiger partial charge in [-0.3, -0.25) is 19.8 Å². The second-order valence-electron chi connectivity index (χ2n) is 8.71. The lowest BCUT2D eigenvalue weighted by atomic mass is 10.1. The van der Waals surface area contributed by atoms with Gasteiger partial charge in [0.2, 0.25) is 0 Å². The molecule has 9 heteroatoms. The first-order valence-corrected chi connectivity index (χ1v) is 12.8. The van der Waals surface area contributed by atoms with Gasteiger partial charge in [0.05, 0.1) is 18.9 Å². The fraction of sp³-hybridized carbons (Fsp3) is 0.222. The zero-order valence-electron chi connectivity index (χ0n) is 20.0. The number of amides is 2. The van der Waals surface area contributed by atoms with E-state index in [1.807, 2.05) is 32.0 Å². The largest absolute Gasteiger partial charge is 0.378 e. The lowest BCUT2D eigenvalue weighted by Crippen LogP contribution is -2.54. The molecule has 3 aromatic rings. The zero-order valence-corrected chi connectivity index (χ0v) is 22.4. The summed E-state index contributed by atoms with van der Waals surface area (Å²) in [6.45, 7) is 7.25. The van der Waals surface area contributed by atoms with Gasteiger partial charge in [-0.25, -0.2) is 0 Å². The number of ether oxygens (including phenoxy) is 1. The highest BCUT2D eigenvalue weighted by Gasteiger charge is 2.34. The summed E-state index contributed by atoms with van der Waals surface area (Å²) in [4.78, 5) is 29.8. The molecule has 2 amide bonds. The van der Waals surface area contributed by atoms with Gasteiger partial charge in [0.1, 0.15) is 5.57 Å².